The number of rotatable bonds is 5. The van der Waals surface area contributed by atoms with Crippen LogP contribution in [0.4, 0.5) is 0 Å². The lowest BCUT2D eigenvalue weighted by atomic mass is 10.1. The molecule has 0 saturated heterocycles. The molecular formula is C14H12ClNO3S. The van der Waals surface area contributed by atoms with Crippen molar-refractivity contribution in [2.45, 2.75) is 13.3 Å². The number of ether oxygens (including phenoxy) is 1. The largest absolute Gasteiger partial charge is 0.457 e. The fourth-order valence-electron chi connectivity index (χ4n) is 1.55. The molecule has 0 spiro atoms. The van der Waals surface area contributed by atoms with Crippen LogP contribution in [0.1, 0.15) is 21.1 Å². The highest BCUT2D eigenvalue weighted by molar-refractivity contribution is 7.09. The minimum atomic E-state index is -0.461. The standard InChI is InChI=1S/C14H12ClNO3S/c1-9-16-12(8-20-9)6-14(18)19-7-13(17)10-2-4-11(15)5-3-10/h2-5,8H,6-7H2,1H3. The van der Waals surface area contributed by atoms with Gasteiger partial charge in [0.25, 0.3) is 0 Å². The Balaban J connectivity index is 1.84. The van der Waals surface area contributed by atoms with E-state index in [1.807, 2.05) is 6.92 Å². The third kappa shape index (κ3) is 4.15. The number of hydrogen-bond acceptors (Lipinski definition) is 5. The first kappa shape index (κ1) is 14.7. The number of halogens is 1. The van der Waals surface area contributed by atoms with Gasteiger partial charge < -0.3 is 4.74 Å². The molecule has 0 unspecified atom stereocenters. The first-order valence-electron chi connectivity index (χ1n) is 5.90. The Kier molecular flexibility index (Phi) is 4.87. The first-order chi connectivity index (χ1) is 9.54. The molecular weight excluding hydrogens is 298 g/mol. The molecule has 104 valence electrons. The zero-order chi connectivity index (χ0) is 14.5. The number of carbonyl (C=O) groups is 2. The van der Waals surface area contributed by atoms with Gasteiger partial charge in [0.05, 0.1) is 17.1 Å². The smallest absolute Gasteiger partial charge is 0.312 e. The van der Waals surface area contributed by atoms with Gasteiger partial charge in [-0.25, -0.2) is 4.98 Å². The van der Waals surface area contributed by atoms with Gasteiger partial charge in [0, 0.05) is 16.0 Å². The van der Waals surface area contributed by atoms with Gasteiger partial charge in [-0.15, -0.1) is 11.3 Å². The number of Topliss-reactive ketones (excluding diaryl/α,β-unsaturated/α-hetero) is 1. The lowest BCUT2D eigenvalue weighted by molar-refractivity contribution is -0.141. The molecule has 2 aromatic rings. The molecule has 1 aromatic carbocycles. The van der Waals surface area contributed by atoms with Crippen molar-refractivity contribution < 1.29 is 14.3 Å². The average molecular weight is 310 g/mol. The van der Waals surface area contributed by atoms with Crippen molar-refractivity contribution in [3.05, 3.63) is 50.9 Å². The molecule has 4 nitrogen and oxygen atoms in total. The van der Waals surface area contributed by atoms with Crippen LogP contribution >= 0.6 is 22.9 Å². The van der Waals surface area contributed by atoms with Crippen molar-refractivity contribution in [2.75, 3.05) is 6.61 Å². The van der Waals surface area contributed by atoms with Gasteiger partial charge in [-0.1, -0.05) is 11.6 Å². The summed E-state index contributed by atoms with van der Waals surface area (Å²) < 4.78 is 4.94. The lowest BCUT2D eigenvalue weighted by Crippen LogP contribution is -2.15. The van der Waals surface area contributed by atoms with Crippen LogP contribution in [0, 0.1) is 6.92 Å². The highest BCUT2D eigenvalue weighted by Crippen LogP contribution is 2.11. The molecule has 0 aliphatic carbocycles. The topological polar surface area (TPSA) is 56.3 Å². The van der Waals surface area contributed by atoms with E-state index in [2.05, 4.69) is 4.98 Å². The maximum Gasteiger partial charge on any atom is 0.312 e. The summed E-state index contributed by atoms with van der Waals surface area (Å²) in [5, 5.41) is 3.25. The number of carbonyl (C=O) groups excluding carboxylic acids is 2. The Labute approximate surface area is 125 Å². The second-order valence-electron chi connectivity index (χ2n) is 4.13. The Bertz CT molecular complexity index is 622. The van der Waals surface area contributed by atoms with Crippen LogP contribution in [0.15, 0.2) is 29.6 Å². The van der Waals surface area contributed by atoms with Crippen molar-refractivity contribution in [3.63, 3.8) is 0 Å². The van der Waals surface area contributed by atoms with Gasteiger partial charge in [-0.3, -0.25) is 9.59 Å². The quantitative estimate of drug-likeness (QED) is 0.629. The maximum absolute atomic E-state index is 11.8. The number of nitrogens with zero attached hydrogens (tertiary/aromatic N) is 1. The second kappa shape index (κ2) is 6.63. The Morgan fingerprint density at radius 2 is 2.00 bits per heavy atom. The molecule has 0 aliphatic heterocycles. The van der Waals surface area contributed by atoms with Crippen LogP contribution in [-0.4, -0.2) is 23.3 Å². The molecule has 20 heavy (non-hydrogen) atoms. The Hall–Kier alpha value is -1.72. The highest BCUT2D eigenvalue weighted by atomic mass is 35.5. The maximum atomic E-state index is 11.8. The van der Waals surface area contributed by atoms with E-state index in [1.165, 1.54) is 11.3 Å². The van der Waals surface area contributed by atoms with Gasteiger partial charge in [-0.05, 0) is 31.2 Å². The summed E-state index contributed by atoms with van der Waals surface area (Å²) in [4.78, 5) is 27.5. The van der Waals surface area contributed by atoms with Crippen molar-refractivity contribution >= 4 is 34.7 Å². The molecule has 0 bridgehead atoms. The molecule has 1 heterocycles. The van der Waals surface area contributed by atoms with E-state index >= 15 is 0 Å². The number of thiazole rings is 1. The van der Waals surface area contributed by atoms with E-state index in [1.54, 1.807) is 29.6 Å². The third-order valence-corrected chi connectivity index (χ3v) is 3.60. The molecule has 0 saturated carbocycles. The summed E-state index contributed by atoms with van der Waals surface area (Å²) in [5.74, 6) is -0.720. The average Bonchev–Trinajstić information content (AvgIpc) is 2.82. The predicted molar refractivity (Wildman–Crippen MR) is 77.3 cm³/mol. The monoisotopic (exact) mass is 309 g/mol. The lowest BCUT2D eigenvalue weighted by Gasteiger charge is -2.03. The van der Waals surface area contributed by atoms with Gasteiger partial charge in [-0.2, -0.15) is 0 Å². The third-order valence-electron chi connectivity index (χ3n) is 2.52. The van der Waals surface area contributed by atoms with Crippen LogP contribution in [0.2, 0.25) is 5.02 Å². The van der Waals surface area contributed by atoms with Gasteiger partial charge in [0.1, 0.15) is 0 Å². The number of aromatic nitrogens is 1. The number of ketones is 1. The van der Waals surface area contributed by atoms with Crippen LogP contribution in [0.5, 0.6) is 0 Å². The number of aryl methyl sites for hydroxylation is 1. The fraction of sp³-hybridized carbons (Fsp3) is 0.214. The Morgan fingerprint density at radius 1 is 1.30 bits per heavy atom. The minimum Gasteiger partial charge on any atom is -0.457 e. The second-order valence-corrected chi connectivity index (χ2v) is 5.62. The SMILES string of the molecule is Cc1nc(CC(=O)OCC(=O)c2ccc(Cl)cc2)cs1. The molecule has 0 aliphatic rings. The van der Waals surface area contributed by atoms with Crippen molar-refractivity contribution in [2.24, 2.45) is 0 Å². The molecule has 0 atom stereocenters. The molecule has 6 heteroatoms. The number of benzene rings is 1. The molecule has 0 amide bonds. The summed E-state index contributed by atoms with van der Waals surface area (Å²) in [6.45, 7) is 1.59. The van der Waals surface area contributed by atoms with E-state index in [0.717, 1.165) is 5.01 Å². The summed E-state index contributed by atoms with van der Waals surface area (Å²) in [6.07, 6.45) is 0.0816. The molecule has 0 radical (unpaired) electrons. The van der Waals surface area contributed by atoms with Crippen molar-refractivity contribution in [1.29, 1.82) is 0 Å². The van der Waals surface area contributed by atoms with E-state index in [-0.39, 0.29) is 18.8 Å². The summed E-state index contributed by atoms with van der Waals surface area (Å²) in [5.41, 5.74) is 1.13. The van der Waals surface area contributed by atoms with Crippen molar-refractivity contribution in [3.8, 4) is 0 Å². The Morgan fingerprint density at radius 3 is 2.60 bits per heavy atom. The zero-order valence-electron chi connectivity index (χ0n) is 10.8. The van der Waals surface area contributed by atoms with E-state index in [9.17, 15) is 9.59 Å². The molecule has 1 aromatic heterocycles. The van der Waals surface area contributed by atoms with Gasteiger partial charge >= 0.3 is 5.97 Å². The minimum absolute atomic E-state index is 0.0816. The van der Waals surface area contributed by atoms with Crippen LogP contribution in [-0.2, 0) is 16.0 Å². The highest BCUT2D eigenvalue weighted by Gasteiger charge is 2.11. The van der Waals surface area contributed by atoms with E-state index in [0.29, 0.717) is 16.3 Å². The van der Waals surface area contributed by atoms with Crippen LogP contribution in [0.25, 0.3) is 0 Å². The number of esters is 1. The first-order valence-corrected chi connectivity index (χ1v) is 7.16. The molecule has 0 N–H and O–H groups in total. The number of hydrogen-bond donors (Lipinski definition) is 0. The predicted octanol–water partition coefficient (Wildman–Crippen LogP) is 3.07. The van der Waals surface area contributed by atoms with Crippen LogP contribution in [0.3, 0.4) is 0 Å². The summed E-state index contributed by atoms with van der Waals surface area (Å²) in [7, 11) is 0. The summed E-state index contributed by atoms with van der Waals surface area (Å²) in [6, 6.07) is 6.44. The van der Waals surface area contributed by atoms with Crippen LogP contribution < -0.4 is 0 Å². The molecule has 0 fully saturated rings. The van der Waals surface area contributed by atoms with Crippen molar-refractivity contribution in [1.82, 2.24) is 4.98 Å². The van der Waals surface area contributed by atoms with Gasteiger partial charge in [0.2, 0.25) is 0 Å². The van der Waals surface area contributed by atoms with E-state index < -0.39 is 5.97 Å². The van der Waals surface area contributed by atoms with E-state index in [4.69, 9.17) is 16.3 Å². The normalized spacial score (nSPS) is 10.3. The summed E-state index contributed by atoms with van der Waals surface area (Å²) >= 11 is 7.20. The molecule has 2 rings (SSSR count). The van der Waals surface area contributed by atoms with Gasteiger partial charge in [0.15, 0.2) is 12.4 Å². The zero-order valence-corrected chi connectivity index (χ0v) is 12.3. The fourth-order valence-corrected chi connectivity index (χ4v) is 2.29.